The van der Waals surface area contributed by atoms with Gasteiger partial charge in [0.1, 0.15) is 17.6 Å². The van der Waals surface area contributed by atoms with Gasteiger partial charge in [-0.15, -0.1) is 0 Å². The molecule has 1 heterocycles. The lowest BCUT2D eigenvalue weighted by molar-refractivity contribution is -0.130. The van der Waals surface area contributed by atoms with Crippen molar-refractivity contribution in [3.05, 3.63) is 69.7 Å². The summed E-state index contributed by atoms with van der Waals surface area (Å²) in [5.74, 6) is -1.70. The predicted octanol–water partition coefficient (Wildman–Crippen LogP) is 5.65. The number of nitrogens with zero attached hydrogens (tertiary/aromatic N) is 2. The standard InChI is InChI=1S/C22H18Cl2N2O2/c1-2-3-9-16-21(27)17(13-25)20(14-7-5-4-6-8-14)26(22(16)28)19-11-10-15(23)12-18(19)24/h4-8,10-12,16H,2-3,9H2,1H3. The van der Waals surface area contributed by atoms with Gasteiger partial charge < -0.3 is 0 Å². The summed E-state index contributed by atoms with van der Waals surface area (Å²) in [7, 11) is 0. The Labute approximate surface area is 174 Å². The van der Waals surface area contributed by atoms with Crippen LogP contribution < -0.4 is 4.90 Å². The molecule has 2 aromatic rings. The minimum absolute atomic E-state index is 0.0297. The second-order valence-electron chi connectivity index (χ2n) is 6.53. The highest BCUT2D eigenvalue weighted by molar-refractivity contribution is 6.38. The van der Waals surface area contributed by atoms with Crippen molar-refractivity contribution in [1.29, 1.82) is 5.26 Å². The number of hydrogen-bond acceptors (Lipinski definition) is 3. The molecule has 0 fully saturated rings. The quantitative estimate of drug-likeness (QED) is 0.595. The highest BCUT2D eigenvalue weighted by Gasteiger charge is 2.42. The number of anilines is 1. The molecule has 0 spiro atoms. The number of allylic oxidation sites excluding steroid dienone is 1. The minimum Gasteiger partial charge on any atom is -0.292 e. The molecular formula is C22H18Cl2N2O2. The Kier molecular flexibility index (Phi) is 6.18. The molecule has 0 aliphatic carbocycles. The SMILES string of the molecule is CCCCC1C(=O)C(C#N)=C(c2ccccc2)N(c2ccc(Cl)cc2Cl)C1=O. The number of benzene rings is 2. The van der Waals surface area contributed by atoms with E-state index in [4.69, 9.17) is 23.2 Å². The van der Waals surface area contributed by atoms with Gasteiger partial charge >= 0.3 is 0 Å². The van der Waals surface area contributed by atoms with Crippen LogP contribution >= 0.6 is 23.2 Å². The zero-order valence-corrected chi connectivity index (χ0v) is 16.8. The number of halogens is 2. The van der Waals surface area contributed by atoms with Gasteiger partial charge in [0.15, 0.2) is 5.78 Å². The zero-order chi connectivity index (χ0) is 20.3. The molecule has 1 aliphatic rings. The van der Waals surface area contributed by atoms with Gasteiger partial charge in [0.05, 0.1) is 16.4 Å². The molecule has 0 saturated heterocycles. The van der Waals surface area contributed by atoms with Crippen LogP contribution in [0.5, 0.6) is 0 Å². The number of unbranched alkanes of at least 4 members (excludes halogenated alkanes) is 1. The average Bonchev–Trinajstić information content (AvgIpc) is 2.69. The van der Waals surface area contributed by atoms with E-state index in [0.717, 1.165) is 6.42 Å². The molecule has 0 saturated carbocycles. The summed E-state index contributed by atoms with van der Waals surface area (Å²) in [6.45, 7) is 1.99. The first kappa shape index (κ1) is 20.1. The van der Waals surface area contributed by atoms with Gasteiger partial charge in [-0.3, -0.25) is 14.5 Å². The van der Waals surface area contributed by atoms with Crippen LogP contribution in [0.2, 0.25) is 10.0 Å². The highest BCUT2D eigenvalue weighted by Crippen LogP contribution is 2.40. The van der Waals surface area contributed by atoms with Crippen LogP contribution in [0.4, 0.5) is 5.69 Å². The number of nitriles is 1. The molecule has 1 amide bonds. The maximum absolute atomic E-state index is 13.4. The summed E-state index contributed by atoms with van der Waals surface area (Å²) < 4.78 is 0. The number of rotatable bonds is 5. The normalized spacial score (nSPS) is 17.1. The molecule has 4 nitrogen and oxygen atoms in total. The molecule has 0 bridgehead atoms. The summed E-state index contributed by atoms with van der Waals surface area (Å²) in [6.07, 6.45) is 1.95. The lowest BCUT2D eigenvalue weighted by Crippen LogP contribution is -2.44. The van der Waals surface area contributed by atoms with Crippen LogP contribution in [-0.4, -0.2) is 11.7 Å². The number of carbonyl (C=O) groups is 2. The molecule has 3 rings (SSSR count). The number of carbonyl (C=O) groups excluding carboxylic acids is 2. The Morgan fingerprint density at radius 1 is 1.11 bits per heavy atom. The van der Waals surface area contributed by atoms with E-state index in [9.17, 15) is 14.9 Å². The summed E-state index contributed by atoms with van der Waals surface area (Å²) in [6, 6.07) is 15.7. The van der Waals surface area contributed by atoms with Crippen LogP contribution in [-0.2, 0) is 9.59 Å². The predicted molar refractivity (Wildman–Crippen MR) is 111 cm³/mol. The molecule has 2 aromatic carbocycles. The molecule has 28 heavy (non-hydrogen) atoms. The van der Waals surface area contributed by atoms with Crippen molar-refractivity contribution < 1.29 is 9.59 Å². The molecule has 6 heteroatoms. The van der Waals surface area contributed by atoms with E-state index in [0.29, 0.717) is 29.1 Å². The number of amides is 1. The molecule has 0 radical (unpaired) electrons. The maximum Gasteiger partial charge on any atom is 0.242 e. The lowest BCUT2D eigenvalue weighted by Gasteiger charge is -2.34. The van der Waals surface area contributed by atoms with Crippen molar-refractivity contribution in [2.45, 2.75) is 26.2 Å². The van der Waals surface area contributed by atoms with Crippen LogP contribution in [0.25, 0.3) is 5.70 Å². The van der Waals surface area contributed by atoms with Crippen LogP contribution in [0, 0.1) is 17.2 Å². The zero-order valence-electron chi connectivity index (χ0n) is 15.3. The fourth-order valence-electron chi connectivity index (χ4n) is 3.32. The molecule has 0 N–H and O–H groups in total. The number of Topliss-reactive ketones (excluding diaryl/α,β-unsaturated/α-hetero) is 1. The Balaban J connectivity index is 2.27. The van der Waals surface area contributed by atoms with Crippen LogP contribution in [0.15, 0.2) is 54.1 Å². The third-order valence-electron chi connectivity index (χ3n) is 4.70. The van der Waals surface area contributed by atoms with E-state index in [1.165, 1.54) is 11.0 Å². The van der Waals surface area contributed by atoms with Crippen molar-refractivity contribution in [2.75, 3.05) is 4.90 Å². The molecule has 142 valence electrons. The van der Waals surface area contributed by atoms with Crippen molar-refractivity contribution in [2.24, 2.45) is 5.92 Å². The van der Waals surface area contributed by atoms with Gasteiger partial charge in [-0.1, -0.05) is 73.3 Å². The van der Waals surface area contributed by atoms with E-state index in [2.05, 4.69) is 0 Å². The fourth-order valence-corrected chi connectivity index (χ4v) is 3.82. The molecule has 1 aliphatic heterocycles. The highest BCUT2D eigenvalue weighted by atomic mass is 35.5. The first-order valence-corrected chi connectivity index (χ1v) is 9.78. The van der Waals surface area contributed by atoms with E-state index in [1.807, 2.05) is 19.1 Å². The Hall–Kier alpha value is -2.61. The second-order valence-corrected chi connectivity index (χ2v) is 7.37. The van der Waals surface area contributed by atoms with E-state index >= 15 is 0 Å². The first-order valence-electron chi connectivity index (χ1n) is 9.02. The number of ketones is 1. The van der Waals surface area contributed by atoms with Crippen LogP contribution in [0.1, 0.15) is 31.7 Å². The first-order chi connectivity index (χ1) is 13.5. The minimum atomic E-state index is -0.895. The van der Waals surface area contributed by atoms with Crippen molar-refractivity contribution in [3.8, 4) is 6.07 Å². The third kappa shape index (κ3) is 3.69. The van der Waals surface area contributed by atoms with Crippen LogP contribution in [0.3, 0.4) is 0 Å². The molecular weight excluding hydrogens is 395 g/mol. The molecule has 0 aromatic heterocycles. The smallest absolute Gasteiger partial charge is 0.242 e. The van der Waals surface area contributed by atoms with Crippen molar-refractivity contribution in [3.63, 3.8) is 0 Å². The summed E-state index contributed by atoms with van der Waals surface area (Å²) >= 11 is 12.4. The summed E-state index contributed by atoms with van der Waals surface area (Å²) in [4.78, 5) is 27.8. The Morgan fingerprint density at radius 2 is 1.82 bits per heavy atom. The largest absolute Gasteiger partial charge is 0.292 e. The maximum atomic E-state index is 13.4. The molecule has 1 unspecified atom stereocenters. The van der Waals surface area contributed by atoms with Gasteiger partial charge in [0.25, 0.3) is 0 Å². The van der Waals surface area contributed by atoms with E-state index in [1.54, 1.807) is 36.4 Å². The summed E-state index contributed by atoms with van der Waals surface area (Å²) in [5.41, 5.74) is 1.23. The van der Waals surface area contributed by atoms with Gasteiger partial charge in [-0.05, 0) is 24.6 Å². The monoisotopic (exact) mass is 412 g/mol. The van der Waals surface area contributed by atoms with Gasteiger partial charge in [-0.25, -0.2) is 0 Å². The lowest BCUT2D eigenvalue weighted by atomic mass is 9.85. The van der Waals surface area contributed by atoms with Gasteiger partial charge in [0.2, 0.25) is 5.91 Å². The fraction of sp³-hybridized carbons (Fsp3) is 0.227. The van der Waals surface area contributed by atoms with Gasteiger partial charge in [0, 0.05) is 10.6 Å². The van der Waals surface area contributed by atoms with E-state index < -0.39 is 11.7 Å². The topological polar surface area (TPSA) is 61.2 Å². The van der Waals surface area contributed by atoms with Gasteiger partial charge in [-0.2, -0.15) is 5.26 Å². The Bertz CT molecular complexity index is 993. The average molecular weight is 413 g/mol. The van der Waals surface area contributed by atoms with Crippen molar-refractivity contribution in [1.82, 2.24) is 0 Å². The second kappa shape index (κ2) is 8.60. The number of hydrogen-bond donors (Lipinski definition) is 0. The molecule has 1 atom stereocenters. The Morgan fingerprint density at radius 3 is 2.43 bits per heavy atom. The van der Waals surface area contributed by atoms with Crippen molar-refractivity contribution >= 4 is 46.3 Å². The summed E-state index contributed by atoms with van der Waals surface area (Å²) in [5, 5.41) is 10.5. The van der Waals surface area contributed by atoms with E-state index in [-0.39, 0.29) is 22.2 Å². The third-order valence-corrected chi connectivity index (χ3v) is 5.24.